The number of nitrogens with two attached hydrogens (primary N) is 1. The van der Waals surface area contributed by atoms with E-state index >= 15 is 0 Å². The molecule has 0 fully saturated rings. The number of nitrogen functional groups attached to an aromatic ring is 1. The predicted molar refractivity (Wildman–Crippen MR) is 61.6 cm³/mol. The van der Waals surface area contributed by atoms with E-state index in [2.05, 4.69) is 4.98 Å². The van der Waals surface area contributed by atoms with Crippen LogP contribution in [0, 0.1) is 11.3 Å². The Bertz CT molecular complexity index is 623. The molecule has 0 radical (unpaired) electrons. The van der Waals surface area contributed by atoms with Crippen LogP contribution in [0.4, 0.5) is 5.69 Å². The van der Waals surface area contributed by atoms with E-state index in [1.54, 1.807) is 30.5 Å². The van der Waals surface area contributed by atoms with Crippen LogP contribution in [-0.2, 0) is 0 Å². The van der Waals surface area contributed by atoms with Gasteiger partial charge >= 0.3 is 0 Å². The summed E-state index contributed by atoms with van der Waals surface area (Å²) in [5, 5.41) is 8.85. The molecule has 2 aromatic rings. The zero-order valence-corrected chi connectivity index (χ0v) is 8.40. The van der Waals surface area contributed by atoms with E-state index < -0.39 is 0 Å². The zero-order valence-electron chi connectivity index (χ0n) is 8.40. The lowest BCUT2D eigenvalue weighted by Crippen LogP contribution is -2.02. The van der Waals surface area contributed by atoms with E-state index in [9.17, 15) is 4.79 Å². The largest absolute Gasteiger partial charge is 0.398 e. The molecule has 1 aromatic carbocycles. The minimum atomic E-state index is -0.173. The molecule has 0 saturated heterocycles. The predicted octanol–water partition coefficient (Wildman–Crippen LogP) is 1.50. The molecule has 78 valence electrons. The Labute approximate surface area is 92.0 Å². The average molecular weight is 211 g/mol. The van der Waals surface area contributed by atoms with Gasteiger partial charge in [0.1, 0.15) is 6.07 Å². The highest BCUT2D eigenvalue weighted by molar-refractivity contribution is 5.69. The van der Waals surface area contributed by atoms with E-state index in [4.69, 9.17) is 11.0 Å². The zero-order chi connectivity index (χ0) is 11.5. The number of aromatic nitrogens is 1. The van der Waals surface area contributed by atoms with Crippen LogP contribution in [0.5, 0.6) is 0 Å². The molecule has 0 atom stereocenters. The van der Waals surface area contributed by atoms with Gasteiger partial charge in [0, 0.05) is 18.0 Å². The molecule has 16 heavy (non-hydrogen) atoms. The molecule has 4 nitrogen and oxygen atoms in total. The second kappa shape index (κ2) is 3.91. The number of H-pyrrole nitrogens is 1. The number of benzene rings is 1. The molecule has 1 heterocycles. The van der Waals surface area contributed by atoms with Crippen molar-refractivity contribution in [2.75, 3.05) is 5.73 Å². The monoisotopic (exact) mass is 211 g/mol. The summed E-state index contributed by atoms with van der Waals surface area (Å²) in [7, 11) is 0. The summed E-state index contributed by atoms with van der Waals surface area (Å²) in [6, 6.07) is 10.4. The third-order valence-electron chi connectivity index (χ3n) is 2.28. The van der Waals surface area contributed by atoms with Crippen molar-refractivity contribution in [3.8, 4) is 17.2 Å². The molecule has 0 aliphatic rings. The van der Waals surface area contributed by atoms with Crippen molar-refractivity contribution < 1.29 is 0 Å². The number of nitrogens with one attached hydrogen (secondary N) is 1. The average Bonchev–Trinajstić information content (AvgIpc) is 2.29. The van der Waals surface area contributed by atoms with Gasteiger partial charge < -0.3 is 10.7 Å². The Hall–Kier alpha value is -2.54. The minimum absolute atomic E-state index is 0.173. The first-order valence-electron chi connectivity index (χ1n) is 4.69. The van der Waals surface area contributed by atoms with Gasteiger partial charge in [-0.15, -0.1) is 0 Å². The van der Waals surface area contributed by atoms with Crippen molar-refractivity contribution in [2.24, 2.45) is 0 Å². The van der Waals surface area contributed by atoms with E-state index in [1.807, 2.05) is 6.07 Å². The topological polar surface area (TPSA) is 82.7 Å². The minimum Gasteiger partial charge on any atom is -0.398 e. The molecule has 1 aromatic heterocycles. The molecular formula is C12H9N3O. The highest BCUT2D eigenvalue weighted by Gasteiger charge is 2.02. The van der Waals surface area contributed by atoms with Crippen molar-refractivity contribution in [1.29, 1.82) is 5.26 Å². The van der Waals surface area contributed by atoms with Crippen LogP contribution in [0.2, 0.25) is 0 Å². The Kier molecular flexibility index (Phi) is 2.44. The maximum Gasteiger partial charge on any atom is 0.248 e. The molecule has 0 unspecified atom stereocenters. The van der Waals surface area contributed by atoms with Crippen LogP contribution < -0.4 is 11.3 Å². The number of nitrogens with zero attached hydrogens (tertiary/aromatic N) is 1. The van der Waals surface area contributed by atoms with Crippen LogP contribution in [0.15, 0.2) is 41.3 Å². The van der Waals surface area contributed by atoms with Crippen molar-refractivity contribution in [1.82, 2.24) is 4.98 Å². The van der Waals surface area contributed by atoms with E-state index in [1.165, 1.54) is 6.07 Å². The SMILES string of the molecule is N#Cc1cc(-c2cc[nH]c(=O)c2)ccc1N. The number of aromatic amines is 1. The van der Waals surface area contributed by atoms with Gasteiger partial charge in [-0.2, -0.15) is 5.26 Å². The Morgan fingerprint density at radius 1 is 1.19 bits per heavy atom. The molecule has 0 spiro atoms. The van der Waals surface area contributed by atoms with Gasteiger partial charge in [-0.1, -0.05) is 6.07 Å². The number of rotatable bonds is 1. The fourth-order valence-electron chi connectivity index (χ4n) is 1.46. The molecule has 0 saturated carbocycles. The van der Waals surface area contributed by atoms with E-state index in [-0.39, 0.29) is 5.56 Å². The van der Waals surface area contributed by atoms with E-state index in [0.717, 1.165) is 11.1 Å². The van der Waals surface area contributed by atoms with Crippen molar-refractivity contribution in [2.45, 2.75) is 0 Å². The first-order chi connectivity index (χ1) is 7.70. The highest BCUT2D eigenvalue weighted by atomic mass is 16.1. The molecule has 0 aliphatic heterocycles. The van der Waals surface area contributed by atoms with Crippen LogP contribution in [-0.4, -0.2) is 4.98 Å². The van der Waals surface area contributed by atoms with Gasteiger partial charge in [0.05, 0.1) is 5.56 Å². The molecule has 0 aliphatic carbocycles. The molecule has 2 rings (SSSR count). The summed E-state index contributed by atoms with van der Waals surface area (Å²) in [6.45, 7) is 0. The summed E-state index contributed by atoms with van der Waals surface area (Å²) >= 11 is 0. The molecule has 0 bridgehead atoms. The molecule has 3 N–H and O–H groups in total. The summed E-state index contributed by atoms with van der Waals surface area (Å²) < 4.78 is 0. The smallest absolute Gasteiger partial charge is 0.248 e. The fourth-order valence-corrected chi connectivity index (χ4v) is 1.46. The number of hydrogen-bond acceptors (Lipinski definition) is 3. The third-order valence-corrected chi connectivity index (χ3v) is 2.28. The van der Waals surface area contributed by atoms with Gasteiger partial charge in [-0.3, -0.25) is 4.79 Å². The maximum atomic E-state index is 11.1. The lowest BCUT2D eigenvalue weighted by molar-refractivity contribution is 1.24. The first kappa shape index (κ1) is 9.99. The summed E-state index contributed by atoms with van der Waals surface area (Å²) in [5.41, 5.74) is 7.87. The van der Waals surface area contributed by atoms with Crippen LogP contribution in [0.1, 0.15) is 5.56 Å². The quantitative estimate of drug-likeness (QED) is 0.701. The van der Waals surface area contributed by atoms with Gasteiger partial charge in [-0.05, 0) is 29.3 Å². The van der Waals surface area contributed by atoms with Gasteiger partial charge in [0.15, 0.2) is 0 Å². The van der Waals surface area contributed by atoms with Crippen LogP contribution in [0.3, 0.4) is 0 Å². The van der Waals surface area contributed by atoms with Crippen molar-refractivity contribution in [3.05, 3.63) is 52.4 Å². The van der Waals surface area contributed by atoms with Crippen molar-refractivity contribution in [3.63, 3.8) is 0 Å². The second-order valence-corrected chi connectivity index (χ2v) is 3.36. The second-order valence-electron chi connectivity index (χ2n) is 3.36. The van der Waals surface area contributed by atoms with Gasteiger partial charge in [-0.25, -0.2) is 0 Å². The standard InChI is InChI=1S/C12H9N3O/c13-7-10-5-8(1-2-11(10)14)9-3-4-15-12(16)6-9/h1-6H,14H2,(H,15,16). The van der Waals surface area contributed by atoms with Gasteiger partial charge in [0.2, 0.25) is 5.56 Å². The lowest BCUT2D eigenvalue weighted by Gasteiger charge is -2.03. The molecule has 4 heteroatoms. The first-order valence-corrected chi connectivity index (χ1v) is 4.69. The summed E-state index contributed by atoms with van der Waals surface area (Å²) in [6.07, 6.45) is 1.57. The third kappa shape index (κ3) is 1.79. The number of nitriles is 1. The van der Waals surface area contributed by atoms with E-state index in [0.29, 0.717) is 11.3 Å². The number of hydrogen-bond donors (Lipinski definition) is 2. The lowest BCUT2D eigenvalue weighted by atomic mass is 10.0. The Morgan fingerprint density at radius 3 is 2.62 bits per heavy atom. The number of pyridine rings is 1. The molecule has 0 amide bonds. The maximum absolute atomic E-state index is 11.1. The molecular weight excluding hydrogens is 202 g/mol. The van der Waals surface area contributed by atoms with Gasteiger partial charge in [0.25, 0.3) is 0 Å². The highest BCUT2D eigenvalue weighted by Crippen LogP contribution is 2.21. The Balaban J connectivity index is 2.58. The summed E-state index contributed by atoms with van der Waals surface area (Å²) in [5.74, 6) is 0. The van der Waals surface area contributed by atoms with Crippen molar-refractivity contribution >= 4 is 5.69 Å². The van der Waals surface area contributed by atoms with Crippen LogP contribution in [0.25, 0.3) is 11.1 Å². The Morgan fingerprint density at radius 2 is 1.94 bits per heavy atom. The number of anilines is 1. The summed E-state index contributed by atoms with van der Waals surface area (Å²) in [4.78, 5) is 13.7. The van der Waals surface area contributed by atoms with Crippen LogP contribution >= 0.6 is 0 Å². The normalized spacial score (nSPS) is 9.69. The fraction of sp³-hybridized carbons (Fsp3) is 0.